The number of nitrogens with one attached hydrogen (secondary N) is 1. The Morgan fingerprint density at radius 2 is 1.88 bits per heavy atom. The van der Waals surface area contributed by atoms with Gasteiger partial charge in [-0.25, -0.2) is 18.2 Å². The average molecular weight is 417 g/mol. The van der Waals surface area contributed by atoms with Crippen LogP contribution in [0.3, 0.4) is 0 Å². The van der Waals surface area contributed by atoms with Crippen LogP contribution in [0.2, 0.25) is 10.0 Å². The van der Waals surface area contributed by atoms with Gasteiger partial charge >= 0.3 is 5.97 Å². The summed E-state index contributed by atoms with van der Waals surface area (Å²) in [5.41, 5.74) is -0.154. The molecule has 0 spiro atoms. The van der Waals surface area contributed by atoms with E-state index in [1.54, 1.807) is 0 Å². The second kappa shape index (κ2) is 8.03. The second-order valence-electron chi connectivity index (χ2n) is 5.31. The number of rotatable bonds is 5. The monoisotopic (exact) mass is 416 g/mol. The topological polar surface area (TPSA) is 102 Å². The van der Waals surface area contributed by atoms with Gasteiger partial charge in [-0.15, -0.1) is 0 Å². The summed E-state index contributed by atoms with van der Waals surface area (Å²) in [6.45, 7) is 1.36. The van der Waals surface area contributed by atoms with E-state index in [-0.39, 0.29) is 21.3 Å². The Bertz CT molecular complexity index is 946. The number of sulfone groups is 1. The molecule has 1 heterocycles. The van der Waals surface area contributed by atoms with E-state index in [0.29, 0.717) is 5.02 Å². The van der Waals surface area contributed by atoms with E-state index < -0.39 is 27.8 Å². The molecular weight excluding hydrogens is 403 g/mol. The summed E-state index contributed by atoms with van der Waals surface area (Å²) in [7, 11) is -3.53. The summed E-state index contributed by atoms with van der Waals surface area (Å²) in [5, 5.41) is 2.88. The number of hydrogen-bond acceptors (Lipinski definition) is 6. The van der Waals surface area contributed by atoms with Gasteiger partial charge in [0.1, 0.15) is 5.82 Å². The molecule has 0 aliphatic heterocycles. The summed E-state index contributed by atoms with van der Waals surface area (Å²) in [6.07, 6.45) is 1.18. The smallest absolute Gasteiger partial charge is 0.340 e. The third kappa shape index (κ3) is 5.17. The molecule has 0 radical (unpaired) electrons. The molecule has 1 amide bonds. The third-order valence-electron chi connectivity index (χ3n) is 3.22. The van der Waals surface area contributed by atoms with E-state index in [1.807, 2.05) is 0 Å². The Morgan fingerprint density at radius 3 is 2.46 bits per heavy atom. The van der Waals surface area contributed by atoms with Gasteiger partial charge in [0.2, 0.25) is 0 Å². The maximum atomic E-state index is 12.2. The maximum Gasteiger partial charge on any atom is 0.340 e. The second-order valence-corrected chi connectivity index (χ2v) is 8.17. The molecule has 0 aliphatic carbocycles. The normalized spacial score (nSPS) is 12.3. The molecule has 0 fully saturated rings. The molecule has 2 rings (SSSR count). The molecule has 0 saturated carbocycles. The van der Waals surface area contributed by atoms with Gasteiger partial charge in [-0.3, -0.25) is 4.79 Å². The standard InChI is InChI=1S/C16H14Cl2N2O5S/c1-9(15(21)20-14-6-3-10(17)8-19-14)25-16(22)12-7-11(26(2,23)24)4-5-13(12)18/h3-9H,1-2H3,(H,19,20,21)/t9-/m0/s1. The van der Waals surface area contributed by atoms with Gasteiger partial charge in [-0.1, -0.05) is 23.2 Å². The lowest BCUT2D eigenvalue weighted by molar-refractivity contribution is -0.123. The summed E-state index contributed by atoms with van der Waals surface area (Å²) < 4.78 is 28.3. The first-order valence-electron chi connectivity index (χ1n) is 7.21. The minimum atomic E-state index is -3.53. The Morgan fingerprint density at radius 1 is 1.19 bits per heavy atom. The van der Waals surface area contributed by atoms with Crippen molar-refractivity contribution < 1.29 is 22.7 Å². The Balaban J connectivity index is 2.11. The number of benzene rings is 1. The SMILES string of the molecule is C[C@H](OC(=O)c1cc(S(C)(=O)=O)ccc1Cl)C(=O)Nc1ccc(Cl)cn1. The molecule has 26 heavy (non-hydrogen) atoms. The highest BCUT2D eigenvalue weighted by Gasteiger charge is 2.22. The zero-order chi connectivity index (χ0) is 19.5. The first-order chi connectivity index (χ1) is 12.1. The predicted molar refractivity (Wildman–Crippen MR) is 97.3 cm³/mol. The molecule has 0 saturated heterocycles. The quantitative estimate of drug-likeness (QED) is 0.751. The number of amides is 1. The van der Waals surface area contributed by atoms with Crippen molar-refractivity contribution in [1.82, 2.24) is 4.98 Å². The number of carbonyl (C=O) groups excluding carboxylic acids is 2. The van der Waals surface area contributed by atoms with Gasteiger partial charge in [-0.2, -0.15) is 0 Å². The Hall–Kier alpha value is -2.16. The lowest BCUT2D eigenvalue weighted by Crippen LogP contribution is -2.30. The fraction of sp³-hybridized carbons (Fsp3) is 0.188. The first-order valence-corrected chi connectivity index (χ1v) is 9.85. The van der Waals surface area contributed by atoms with Gasteiger partial charge in [-0.05, 0) is 37.3 Å². The number of esters is 1. The molecule has 0 aliphatic rings. The van der Waals surface area contributed by atoms with Crippen LogP contribution in [0, 0.1) is 0 Å². The average Bonchev–Trinajstić information content (AvgIpc) is 2.56. The van der Waals surface area contributed by atoms with Crippen molar-refractivity contribution in [2.45, 2.75) is 17.9 Å². The van der Waals surface area contributed by atoms with Crippen LogP contribution in [-0.2, 0) is 19.4 Å². The Kier molecular flexibility index (Phi) is 6.22. The van der Waals surface area contributed by atoms with E-state index in [4.69, 9.17) is 27.9 Å². The van der Waals surface area contributed by atoms with Crippen molar-refractivity contribution in [1.29, 1.82) is 0 Å². The fourth-order valence-electron chi connectivity index (χ4n) is 1.85. The van der Waals surface area contributed by atoms with Crippen molar-refractivity contribution in [3.05, 3.63) is 52.1 Å². The van der Waals surface area contributed by atoms with Crippen LogP contribution in [-0.4, -0.2) is 37.6 Å². The van der Waals surface area contributed by atoms with Crippen molar-refractivity contribution in [2.75, 3.05) is 11.6 Å². The number of carbonyl (C=O) groups is 2. The molecule has 138 valence electrons. The lowest BCUT2D eigenvalue weighted by Gasteiger charge is -2.14. The molecule has 0 unspecified atom stereocenters. The fourth-order valence-corrected chi connectivity index (χ4v) is 2.80. The number of aromatic nitrogens is 1. The van der Waals surface area contributed by atoms with Crippen LogP contribution in [0.25, 0.3) is 0 Å². The van der Waals surface area contributed by atoms with Crippen LogP contribution < -0.4 is 5.32 Å². The van der Waals surface area contributed by atoms with Crippen molar-refractivity contribution in [2.24, 2.45) is 0 Å². The van der Waals surface area contributed by atoms with Gasteiger partial charge in [0, 0.05) is 12.5 Å². The van der Waals surface area contributed by atoms with Crippen molar-refractivity contribution in [3.63, 3.8) is 0 Å². The largest absolute Gasteiger partial charge is 0.449 e. The lowest BCUT2D eigenvalue weighted by atomic mass is 10.2. The van der Waals surface area contributed by atoms with Crippen LogP contribution in [0.4, 0.5) is 5.82 Å². The molecule has 10 heteroatoms. The van der Waals surface area contributed by atoms with E-state index >= 15 is 0 Å². The van der Waals surface area contributed by atoms with Crippen molar-refractivity contribution >= 4 is 50.7 Å². The van der Waals surface area contributed by atoms with Crippen LogP contribution in [0.15, 0.2) is 41.4 Å². The number of halogens is 2. The van der Waals surface area contributed by atoms with Gasteiger partial charge in [0.05, 0.1) is 20.5 Å². The maximum absolute atomic E-state index is 12.2. The highest BCUT2D eigenvalue weighted by Crippen LogP contribution is 2.22. The Labute approximate surface area is 160 Å². The zero-order valence-electron chi connectivity index (χ0n) is 13.7. The van der Waals surface area contributed by atoms with E-state index in [0.717, 1.165) is 12.3 Å². The molecule has 7 nitrogen and oxygen atoms in total. The summed E-state index contributed by atoms with van der Waals surface area (Å²) >= 11 is 11.6. The minimum Gasteiger partial charge on any atom is -0.449 e. The summed E-state index contributed by atoms with van der Waals surface area (Å²) in [5.74, 6) is -1.31. The third-order valence-corrected chi connectivity index (χ3v) is 4.88. The predicted octanol–water partition coefficient (Wildman–Crippen LogP) is 2.98. The molecule has 2 aromatic rings. The summed E-state index contributed by atoms with van der Waals surface area (Å²) in [6, 6.07) is 6.68. The zero-order valence-corrected chi connectivity index (χ0v) is 16.0. The number of ether oxygens (including phenoxy) is 1. The van der Waals surface area contributed by atoms with Gasteiger partial charge < -0.3 is 10.1 Å². The van der Waals surface area contributed by atoms with Gasteiger partial charge in [0.25, 0.3) is 5.91 Å². The highest BCUT2D eigenvalue weighted by molar-refractivity contribution is 7.90. The molecule has 0 bridgehead atoms. The van der Waals surface area contributed by atoms with Crippen LogP contribution in [0.5, 0.6) is 0 Å². The number of anilines is 1. The molecular formula is C16H14Cl2N2O5S. The van der Waals surface area contributed by atoms with E-state index in [1.165, 1.54) is 37.4 Å². The number of pyridine rings is 1. The highest BCUT2D eigenvalue weighted by atomic mass is 35.5. The molecule has 1 atom stereocenters. The minimum absolute atomic E-state index is 0.00868. The first kappa shape index (κ1) is 20.2. The molecule has 1 aromatic carbocycles. The number of hydrogen-bond donors (Lipinski definition) is 1. The summed E-state index contributed by atoms with van der Waals surface area (Å²) in [4.78, 5) is 28.1. The molecule has 1 aromatic heterocycles. The van der Waals surface area contributed by atoms with E-state index in [9.17, 15) is 18.0 Å². The van der Waals surface area contributed by atoms with E-state index in [2.05, 4.69) is 10.3 Å². The molecule has 1 N–H and O–H groups in total. The van der Waals surface area contributed by atoms with Crippen LogP contribution in [0.1, 0.15) is 17.3 Å². The van der Waals surface area contributed by atoms with Crippen molar-refractivity contribution in [3.8, 4) is 0 Å². The number of nitrogens with zero attached hydrogens (tertiary/aromatic N) is 1. The van der Waals surface area contributed by atoms with Crippen LogP contribution >= 0.6 is 23.2 Å². The van der Waals surface area contributed by atoms with Gasteiger partial charge in [0.15, 0.2) is 15.9 Å².